The van der Waals surface area contributed by atoms with Gasteiger partial charge in [0.2, 0.25) is 0 Å². The molecule has 0 fully saturated rings. The Kier molecular flexibility index (Phi) is 4.26. The number of aromatic amines is 1. The number of aromatic nitrogens is 2. The van der Waals surface area contributed by atoms with Gasteiger partial charge in [-0.15, -0.1) is 0 Å². The van der Waals surface area contributed by atoms with Crippen molar-refractivity contribution in [3.05, 3.63) is 44.5 Å². The van der Waals surface area contributed by atoms with Crippen molar-refractivity contribution in [3.63, 3.8) is 0 Å². The summed E-state index contributed by atoms with van der Waals surface area (Å²) < 4.78 is 35.0. The van der Waals surface area contributed by atoms with Crippen molar-refractivity contribution in [1.82, 2.24) is 9.55 Å². The van der Waals surface area contributed by atoms with Gasteiger partial charge in [0.15, 0.2) is 24.7 Å². The maximum Gasteiger partial charge on any atom is 0.351 e. The summed E-state index contributed by atoms with van der Waals surface area (Å²) in [5.74, 6) is -0.876. The molecule has 1 aromatic rings. The number of aryl methyl sites for hydroxylation is 1. The van der Waals surface area contributed by atoms with Gasteiger partial charge in [0, 0.05) is 17.8 Å². The summed E-state index contributed by atoms with van der Waals surface area (Å²) in [5, 5.41) is 0. The van der Waals surface area contributed by atoms with E-state index in [-0.39, 0.29) is 5.56 Å². The summed E-state index contributed by atoms with van der Waals surface area (Å²) in [6.07, 6.45) is -1.80. The van der Waals surface area contributed by atoms with Crippen LogP contribution < -0.4 is 11.2 Å². The van der Waals surface area contributed by atoms with Crippen LogP contribution in [0.4, 0.5) is 4.39 Å². The van der Waals surface area contributed by atoms with Crippen LogP contribution >= 0.6 is 7.60 Å². The molecule has 0 spiro atoms. The van der Waals surface area contributed by atoms with Crippen LogP contribution in [0.3, 0.4) is 0 Å². The smallest absolute Gasteiger partial charge is 0.336 e. The largest absolute Gasteiger partial charge is 0.351 e. The van der Waals surface area contributed by atoms with E-state index < -0.39 is 43.5 Å². The van der Waals surface area contributed by atoms with Crippen LogP contribution in [0.5, 0.6) is 0 Å². The van der Waals surface area contributed by atoms with Gasteiger partial charge in [0.25, 0.3) is 5.56 Å². The van der Waals surface area contributed by atoms with Gasteiger partial charge < -0.3 is 19.3 Å². The molecule has 0 bridgehead atoms. The molecule has 0 saturated carbocycles. The first-order valence-electron chi connectivity index (χ1n) is 5.68. The highest BCUT2D eigenvalue weighted by Crippen LogP contribution is 2.36. The monoisotopic (exact) mass is 322 g/mol. The van der Waals surface area contributed by atoms with Gasteiger partial charge in [-0.1, -0.05) is 0 Å². The van der Waals surface area contributed by atoms with E-state index in [0.29, 0.717) is 0 Å². The molecule has 3 N–H and O–H groups in total. The predicted octanol–water partition coefficient (Wildman–Crippen LogP) is -0.295. The molecule has 0 aromatic carbocycles. The van der Waals surface area contributed by atoms with Gasteiger partial charge in [-0.3, -0.25) is 18.9 Å². The first-order valence-corrected chi connectivity index (χ1v) is 7.48. The van der Waals surface area contributed by atoms with Crippen molar-refractivity contribution in [2.75, 3.05) is 6.35 Å². The number of rotatable bonds is 4. The molecule has 0 unspecified atom stereocenters. The second-order valence-electron chi connectivity index (χ2n) is 4.35. The first kappa shape index (κ1) is 15.8. The van der Waals surface area contributed by atoms with E-state index >= 15 is 0 Å². The Balaban J connectivity index is 2.19. The third-order valence-corrected chi connectivity index (χ3v) is 3.09. The lowest BCUT2D eigenvalue weighted by atomic mass is 10.3. The lowest BCUT2D eigenvalue weighted by Crippen LogP contribution is -2.34. The van der Waals surface area contributed by atoms with Crippen molar-refractivity contribution >= 4 is 7.60 Å². The van der Waals surface area contributed by atoms with Gasteiger partial charge in [-0.05, 0) is 6.92 Å². The zero-order chi connectivity index (χ0) is 15.8. The zero-order valence-corrected chi connectivity index (χ0v) is 11.6. The number of nitrogens with one attached hydrogen (secondary N) is 1. The van der Waals surface area contributed by atoms with Crippen LogP contribution in [0.25, 0.3) is 0 Å². The molecule has 21 heavy (non-hydrogen) atoms. The van der Waals surface area contributed by atoms with Crippen molar-refractivity contribution in [3.8, 4) is 0 Å². The molecule has 2 rings (SSSR count). The summed E-state index contributed by atoms with van der Waals surface area (Å²) in [6, 6.07) is 0. The predicted molar refractivity (Wildman–Crippen MR) is 67.2 cm³/mol. The third-order valence-electron chi connectivity index (χ3n) is 2.60. The summed E-state index contributed by atoms with van der Waals surface area (Å²) >= 11 is 0. The lowest BCUT2D eigenvalue weighted by molar-refractivity contribution is -0.132. The molecule has 0 aliphatic carbocycles. The zero-order valence-electron chi connectivity index (χ0n) is 10.7. The van der Waals surface area contributed by atoms with Crippen LogP contribution in [0.2, 0.25) is 0 Å². The molecular formula is C10H12FN2O7P. The number of nitrogens with zero attached hydrogens (tertiary/aromatic N) is 1. The Morgan fingerprint density at radius 3 is 2.81 bits per heavy atom. The minimum Gasteiger partial charge on any atom is -0.336 e. The highest BCUT2D eigenvalue weighted by molar-refractivity contribution is 7.51. The topological polar surface area (TPSA) is 131 Å². The number of hydrogen-bond acceptors (Lipinski definition) is 5. The molecule has 0 amide bonds. The number of H-pyrrole nitrogens is 1. The molecule has 1 aliphatic heterocycles. The highest BCUT2D eigenvalue weighted by atomic mass is 31.2. The van der Waals surface area contributed by atoms with Gasteiger partial charge >= 0.3 is 13.3 Å². The fourth-order valence-electron chi connectivity index (χ4n) is 1.66. The molecule has 116 valence electrons. The standard InChI is InChI=1S/C10H12FN2O7P/c1-5-3-13(10(15)12-8(5)14)9-6(11)2-7(20-9)19-4-21(16,17)18/h2-3,7,9H,4H2,1H3,(H,12,14,15)(H2,16,17,18)/t7-,9+/m0/s1. The van der Waals surface area contributed by atoms with Crippen LogP contribution in [0.15, 0.2) is 27.7 Å². The molecule has 1 aliphatic rings. The third kappa shape index (κ3) is 3.74. The van der Waals surface area contributed by atoms with Crippen LogP contribution in [-0.2, 0) is 14.0 Å². The number of halogens is 1. The van der Waals surface area contributed by atoms with E-state index in [2.05, 4.69) is 0 Å². The normalized spacial score (nSPS) is 22.4. The van der Waals surface area contributed by atoms with E-state index in [4.69, 9.17) is 19.3 Å². The molecule has 1 aromatic heterocycles. The van der Waals surface area contributed by atoms with Crippen molar-refractivity contribution in [1.29, 1.82) is 0 Å². The molecular weight excluding hydrogens is 310 g/mol. The lowest BCUT2D eigenvalue weighted by Gasteiger charge is -2.17. The van der Waals surface area contributed by atoms with Crippen molar-refractivity contribution < 1.29 is 28.2 Å². The van der Waals surface area contributed by atoms with Crippen molar-refractivity contribution in [2.24, 2.45) is 0 Å². The minimum absolute atomic E-state index is 0.172. The van der Waals surface area contributed by atoms with Crippen LogP contribution in [0, 0.1) is 6.92 Å². The second kappa shape index (κ2) is 5.66. The molecule has 0 saturated heterocycles. The molecule has 11 heteroatoms. The van der Waals surface area contributed by atoms with Gasteiger partial charge in [-0.2, -0.15) is 0 Å². The van der Waals surface area contributed by atoms with Crippen molar-refractivity contribution in [2.45, 2.75) is 19.4 Å². The van der Waals surface area contributed by atoms with E-state index in [1.165, 1.54) is 6.92 Å². The maximum absolute atomic E-state index is 13.8. The van der Waals surface area contributed by atoms with E-state index in [1.807, 2.05) is 4.98 Å². The summed E-state index contributed by atoms with van der Waals surface area (Å²) in [5.41, 5.74) is -1.31. The van der Waals surface area contributed by atoms with Crippen LogP contribution in [-0.4, -0.2) is 32.0 Å². The summed E-state index contributed by atoms with van der Waals surface area (Å²) in [6.45, 7) is 1.42. The first-order chi connectivity index (χ1) is 9.67. The minimum atomic E-state index is -4.42. The average Bonchev–Trinajstić information content (AvgIpc) is 2.72. The Labute approximate surface area is 116 Å². The summed E-state index contributed by atoms with van der Waals surface area (Å²) in [4.78, 5) is 42.2. The SMILES string of the molecule is Cc1cn([C@@H]2O[C@H](OCP(=O)(O)O)C=C2F)c(=O)[nH]c1=O. The van der Waals surface area contributed by atoms with Gasteiger partial charge in [-0.25, -0.2) is 9.18 Å². The number of ether oxygens (including phenoxy) is 2. The second-order valence-corrected chi connectivity index (χ2v) is 5.94. The average molecular weight is 322 g/mol. The maximum atomic E-state index is 13.8. The highest BCUT2D eigenvalue weighted by Gasteiger charge is 2.32. The quantitative estimate of drug-likeness (QED) is 0.649. The Bertz CT molecular complexity index is 734. The molecule has 9 nitrogen and oxygen atoms in total. The Morgan fingerprint density at radius 1 is 1.52 bits per heavy atom. The van der Waals surface area contributed by atoms with E-state index in [1.54, 1.807) is 0 Å². The molecule has 0 radical (unpaired) electrons. The molecule has 2 heterocycles. The fraction of sp³-hybridized carbons (Fsp3) is 0.400. The van der Waals surface area contributed by atoms with Gasteiger partial charge in [0.1, 0.15) is 0 Å². The van der Waals surface area contributed by atoms with Crippen LogP contribution in [0.1, 0.15) is 11.8 Å². The van der Waals surface area contributed by atoms with Gasteiger partial charge in [0.05, 0.1) is 0 Å². The number of hydrogen-bond donors (Lipinski definition) is 3. The summed E-state index contributed by atoms with van der Waals surface area (Å²) in [7, 11) is -4.42. The fourth-order valence-corrected chi connectivity index (χ4v) is 2.00. The Hall–Kier alpha value is -1.58. The Morgan fingerprint density at radius 2 is 2.19 bits per heavy atom. The van der Waals surface area contributed by atoms with E-state index in [0.717, 1.165) is 16.8 Å². The molecule has 2 atom stereocenters. The van der Waals surface area contributed by atoms with E-state index in [9.17, 15) is 18.5 Å².